The number of methoxy groups -OCH3 is 2. The molecular formula is C25H27N3O5S. The van der Waals surface area contributed by atoms with Gasteiger partial charge < -0.3 is 18.8 Å². The molecule has 1 atom stereocenters. The van der Waals surface area contributed by atoms with Crippen molar-refractivity contribution in [3.63, 3.8) is 0 Å². The SMILES string of the molecule is COc1cc2ccnc(C[S+]([O-])c3nc4ccccc4n3COC(=O)C(C)(C)C)c2cc1OC. The summed E-state index contributed by atoms with van der Waals surface area (Å²) < 4.78 is 31.6. The van der Waals surface area contributed by atoms with Crippen molar-refractivity contribution < 1.29 is 23.6 Å². The number of fused-ring (bicyclic) bond motifs is 2. The number of aromatic nitrogens is 3. The molecule has 4 aromatic rings. The number of carbonyl (C=O) groups is 1. The number of benzene rings is 2. The van der Waals surface area contributed by atoms with Crippen LogP contribution in [0.5, 0.6) is 11.5 Å². The summed E-state index contributed by atoms with van der Waals surface area (Å²) in [6, 6.07) is 13.0. The van der Waals surface area contributed by atoms with Gasteiger partial charge >= 0.3 is 11.1 Å². The van der Waals surface area contributed by atoms with Crippen LogP contribution in [-0.2, 0) is 33.2 Å². The quantitative estimate of drug-likeness (QED) is 0.284. The van der Waals surface area contributed by atoms with Crippen LogP contribution in [0.1, 0.15) is 26.5 Å². The second-order valence-electron chi connectivity index (χ2n) is 8.80. The molecule has 0 bridgehead atoms. The molecule has 0 saturated heterocycles. The Morgan fingerprint density at radius 2 is 1.79 bits per heavy atom. The van der Waals surface area contributed by atoms with Crippen LogP contribution in [0.15, 0.2) is 53.8 Å². The molecule has 0 N–H and O–H groups in total. The normalized spacial score (nSPS) is 12.6. The van der Waals surface area contributed by atoms with Gasteiger partial charge in [-0.25, -0.2) is 4.57 Å². The third kappa shape index (κ3) is 4.67. The fraction of sp³-hybridized carbons (Fsp3) is 0.320. The highest BCUT2D eigenvalue weighted by molar-refractivity contribution is 7.90. The molecule has 0 saturated carbocycles. The van der Waals surface area contributed by atoms with Crippen LogP contribution in [0.25, 0.3) is 21.8 Å². The summed E-state index contributed by atoms with van der Waals surface area (Å²) >= 11 is -1.56. The predicted octanol–water partition coefficient (Wildman–Crippen LogP) is 4.46. The van der Waals surface area contributed by atoms with Crippen LogP contribution in [0.3, 0.4) is 0 Å². The average Bonchev–Trinajstić information content (AvgIpc) is 3.20. The predicted molar refractivity (Wildman–Crippen MR) is 130 cm³/mol. The van der Waals surface area contributed by atoms with E-state index in [1.54, 1.807) is 45.8 Å². The summed E-state index contributed by atoms with van der Waals surface area (Å²) in [4.78, 5) is 21.4. The summed E-state index contributed by atoms with van der Waals surface area (Å²) in [7, 11) is 3.15. The van der Waals surface area contributed by atoms with Crippen molar-refractivity contribution >= 4 is 39.0 Å². The Hall–Kier alpha value is -3.30. The fourth-order valence-corrected chi connectivity index (χ4v) is 4.76. The smallest absolute Gasteiger partial charge is 0.327 e. The molecule has 2 heterocycles. The third-order valence-electron chi connectivity index (χ3n) is 5.38. The summed E-state index contributed by atoms with van der Waals surface area (Å²) in [5, 5.41) is 2.03. The number of esters is 1. The van der Waals surface area contributed by atoms with E-state index >= 15 is 0 Å². The van der Waals surface area contributed by atoms with Crippen LogP contribution in [0.2, 0.25) is 0 Å². The number of imidazole rings is 1. The van der Waals surface area contributed by atoms with E-state index in [2.05, 4.69) is 9.97 Å². The lowest BCUT2D eigenvalue weighted by Crippen LogP contribution is -2.25. The molecule has 2 aromatic heterocycles. The highest BCUT2D eigenvalue weighted by atomic mass is 32.2. The van der Waals surface area contributed by atoms with Crippen LogP contribution in [-0.4, -0.2) is 39.3 Å². The van der Waals surface area contributed by atoms with Gasteiger partial charge in [0.05, 0.1) is 36.4 Å². The summed E-state index contributed by atoms with van der Waals surface area (Å²) in [5.41, 5.74) is 1.41. The van der Waals surface area contributed by atoms with Gasteiger partial charge in [-0.2, -0.15) is 4.98 Å². The lowest BCUT2D eigenvalue weighted by atomic mass is 9.98. The molecule has 0 amide bonds. The highest BCUT2D eigenvalue weighted by Gasteiger charge is 2.27. The van der Waals surface area contributed by atoms with Gasteiger partial charge in [0.15, 0.2) is 24.0 Å². The molecule has 0 fully saturated rings. The summed E-state index contributed by atoms with van der Waals surface area (Å²) in [5.74, 6) is 0.953. The van der Waals surface area contributed by atoms with Gasteiger partial charge in [-0.1, -0.05) is 12.1 Å². The second-order valence-corrected chi connectivity index (χ2v) is 10.1. The average molecular weight is 482 g/mol. The van der Waals surface area contributed by atoms with E-state index in [0.29, 0.717) is 27.9 Å². The van der Waals surface area contributed by atoms with Crippen LogP contribution >= 0.6 is 0 Å². The summed E-state index contributed by atoms with van der Waals surface area (Å²) in [6.45, 7) is 5.28. The maximum atomic E-state index is 13.6. The number of nitrogens with zero attached hydrogens (tertiary/aromatic N) is 3. The molecule has 4 rings (SSSR count). The number of ether oxygens (including phenoxy) is 3. The van der Waals surface area contributed by atoms with E-state index in [4.69, 9.17) is 14.2 Å². The second kappa shape index (κ2) is 9.52. The first-order chi connectivity index (χ1) is 16.2. The first kappa shape index (κ1) is 23.8. The molecule has 0 radical (unpaired) electrons. The van der Waals surface area contributed by atoms with Crippen molar-refractivity contribution in [2.24, 2.45) is 5.41 Å². The zero-order valence-electron chi connectivity index (χ0n) is 19.8. The number of pyridine rings is 1. The fourth-order valence-electron chi connectivity index (χ4n) is 3.55. The van der Waals surface area contributed by atoms with E-state index in [1.165, 1.54) is 0 Å². The molecule has 8 nitrogen and oxygen atoms in total. The molecule has 2 aromatic carbocycles. The zero-order valence-corrected chi connectivity index (χ0v) is 20.6. The minimum atomic E-state index is -1.56. The van der Waals surface area contributed by atoms with Crippen molar-refractivity contribution in [1.82, 2.24) is 14.5 Å². The molecule has 178 valence electrons. The molecule has 1 unspecified atom stereocenters. The molecule has 0 aliphatic carbocycles. The van der Waals surface area contributed by atoms with Crippen molar-refractivity contribution in [3.05, 3.63) is 54.4 Å². The number of para-hydroxylation sites is 2. The number of hydrogen-bond donors (Lipinski definition) is 0. The number of hydrogen-bond acceptors (Lipinski definition) is 7. The number of carbonyl (C=O) groups excluding carboxylic acids is 1. The van der Waals surface area contributed by atoms with Gasteiger partial charge in [0.1, 0.15) is 0 Å². The first-order valence-corrected chi connectivity index (χ1v) is 12.1. The van der Waals surface area contributed by atoms with Gasteiger partial charge in [-0.05, 0) is 56.5 Å². The van der Waals surface area contributed by atoms with Gasteiger partial charge in [-0.15, -0.1) is 0 Å². The lowest BCUT2D eigenvalue weighted by Gasteiger charge is -2.18. The Balaban J connectivity index is 1.70. The minimum absolute atomic E-state index is 0.0777. The van der Waals surface area contributed by atoms with E-state index < -0.39 is 16.6 Å². The maximum Gasteiger partial charge on any atom is 0.327 e. The van der Waals surface area contributed by atoms with Crippen molar-refractivity contribution in [3.8, 4) is 11.5 Å². The van der Waals surface area contributed by atoms with Gasteiger partial charge in [-0.3, -0.25) is 9.78 Å². The molecule has 34 heavy (non-hydrogen) atoms. The van der Waals surface area contributed by atoms with Crippen LogP contribution in [0.4, 0.5) is 0 Å². The molecule has 0 aliphatic heterocycles. The molecule has 9 heteroatoms. The Morgan fingerprint density at radius 1 is 1.09 bits per heavy atom. The topological polar surface area (TPSA) is 98.5 Å². The zero-order chi connectivity index (χ0) is 24.5. The van der Waals surface area contributed by atoms with E-state index in [-0.39, 0.29) is 18.5 Å². The highest BCUT2D eigenvalue weighted by Crippen LogP contribution is 2.34. The number of rotatable bonds is 7. The standard InChI is InChI=1S/C25H27N3O5S/c1-25(2,3)23(29)33-15-28-20-9-7-6-8-18(20)27-24(28)34(30)14-19-17-13-22(32-5)21(31-4)12-16(17)10-11-26-19/h6-13H,14-15H2,1-5H3. The minimum Gasteiger partial charge on any atom is -0.609 e. The molecular weight excluding hydrogens is 454 g/mol. The Morgan fingerprint density at radius 3 is 2.50 bits per heavy atom. The third-order valence-corrected chi connectivity index (χ3v) is 6.63. The molecule has 0 spiro atoms. The lowest BCUT2D eigenvalue weighted by molar-refractivity contribution is -0.157. The summed E-state index contributed by atoms with van der Waals surface area (Å²) in [6.07, 6.45) is 1.68. The van der Waals surface area contributed by atoms with E-state index in [1.807, 2.05) is 42.5 Å². The Labute approximate surface area is 201 Å². The van der Waals surface area contributed by atoms with Crippen molar-refractivity contribution in [2.45, 2.75) is 38.4 Å². The van der Waals surface area contributed by atoms with Crippen molar-refractivity contribution in [1.29, 1.82) is 0 Å². The Bertz CT molecular complexity index is 1350. The van der Waals surface area contributed by atoms with E-state index in [0.717, 1.165) is 16.3 Å². The monoisotopic (exact) mass is 481 g/mol. The van der Waals surface area contributed by atoms with Crippen LogP contribution in [0, 0.1) is 5.41 Å². The van der Waals surface area contributed by atoms with Gasteiger partial charge in [0, 0.05) is 22.8 Å². The van der Waals surface area contributed by atoms with Crippen LogP contribution < -0.4 is 9.47 Å². The first-order valence-electron chi connectivity index (χ1n) is 10.7. The maximum absolute atomic E-state index is 13.6. The van der Waals surface area contributed by atoms with Gasteiger partial charge in [0.2, 0.25) is 0 Å². The largest absolute Gasteiger partial charge is 0.609 e. The molecule has 0 aliphatic rings. The Kier molecular flexibility index (Phi) is 6.67. The van der Waals surface area contributed by atoms with E-state index in [9.17, 15) is 9.35 Å². The van der Waals surface area contributed by atoms with Crippen molar-refractivity contribution in [2.75, 3.05) is 14.2 Å². The van der Waals surface area contributed by atoms with Gasteiger partial charge in [0.25, 0.3) is 0 Å².